The molecule has 0 saturated carbocycles. The highest BCUT2D eigenvalue weighted by molar-refractivity contribution is 5.94. The Morgan fingerprint density at radius 3 is 2.55 bits per heavy atom. The van der Waals surface area contributed by atoms with E-state index < -0.39 is 11.7 Å². The van der Waals surface area contributed by atoms with E-state index in [-0.39, 0.29) is 11.5 Å². The first-order chi connectivity index (χ1) is 9.47. The maximum atomic E-state index is 12.4. The van der Waals surface area contributed by atoms with Gasteiger partial charge in [-0.2, -0.15) is 13.2 Å². The molecule has 1 atom stereocenters. The molecule has 3 nitrogen and oxygen atoms in total. The highest BCUT2D eigenvalue weighted by Gasteiger charge is 2.30. The molecule has 0 radical (unpaired) electrons. The summed E-state index contributed by atoms with van der Waals surface area (Å²) in [5, 5.41) is 6.04. The third-order valence-electron chi connectivity index (χ3n) is 3.42. The summed E-state index contributed by atoms with van der Waals surface area (Å²) in [7, 11) is 0. The van der Waals surface area contributed by atoms with Gasteiger partial charge >= 0.3 is 6.18 Å². The fourth-order valence-corrected chi connectivity index (χ4v) is 2.28. The lowest BCUT2D eigenvalue weighted by Crippen LogP contribution is -2.30. The minimum absolute atomic E-state index is 0.248. The van der Waals surface area contributed by atoms with E-state index in [9.17, 15) is 18.0 Å². The van der Waals surface area contributed by atoms with E-state index in [1.165, 1.54) is 12.1 Å². The number of carbonyl (C=O) groups is 1. The number of hydrogen-bond donors (Lipinski definition) is 2. The number of nitrogens with one attached hydrogen (secondary N) is 2. The van der Waals surface area contributed by atoms with Crippen LogP contribution in [0, 0.1) is 0 Å². The Hall–Kier alpha value is -1.56. The molecule has 0 spiro atoms. The van der Waals surface area contributed by atoms with Crippen molar-refractivity contribution in [3.8, 4) is 0 Å². The van der Waals surface area contributed by atoms with Gasteiger partial charge in [-0.1, -0.05) is 0 Å². The molecule has 1 aromatic rings. The van der Waals surface area contributed by atoms with Crippen LogP contribution >= 0.6 is 0 Å². The monoisotopic (exact) mass is 286 g/mol. The second-order valence-corrected chi connectivity index (χ2v) is 4.91. The molecule has 1 aromatic carbocycles. The van der Waals surface area contributed by atoms with Crippen molar-refractivity contribution in [1.29, 1.82) is 0 Å². The van der Waals surface area contributed by atoms with Gasteiger partial charge in [0, 0.05) is 18.2 Å². The van der Waals surface area contributed by atoms with Crippen molar-refractivity contribution in [2.24, 2.45) is 0 Å². The molecule has 2 rings (SSSR count). The molecule has 6 heteroatoms. The molecule has 0 aromatic heterocycles. The van der Waals surface area contributed by atoms with Gasteiger partial charge < -0.3 is 10.6 Å². The summed E-state index contributed by atoms with van der Waals surface area (Å²) in [5.41, 5.74) is -0.499. The molecule has 1 aliphatic rings. The van der Waals surface area contributed by atoms with E-state index in [1.807, 2.05) is 0 Å². The molecule has 1 saturated heterocycles. The zero-order valence-corrected chi connectivity index (χ0v) is 11.0. The predicted octanol–water partition coefficient (Wildman–Crippen LogP) is 2.58. The highest BCUT2D eigenvalue weighted by atomic mass is 19.4. The molecule has 2 N–H and O–H groups in total. The van der Waals surface area contributed by atoms with E-state index in [1.54, 1.807) is 0 Å². The molecule has 20 heavy (non-hydrogen) atoms. The molecule has 0 unspecified atom stereocenters. The van der Waals surface area contributed by atoms with Crippen molar-refractivity contribution in [1.82, 2.24) is 10.6 Å². The molecule has 1 aliphatic heterocycles. The fraction of sp³-hybridized carbons (Fsp3) is 0.500. The zero-order chi connectivity index (χ0) is 14.6. The van der Waals surface area contributed by atoms with Crippen molar-refractivity contribution in [3.05, 3.63) is 35.4 Å². The second kappa shape index (κ2) is 6.26. The molecule has 0 aliphatic carbocycles. The second-order valence-electron chi connectivity index (χ2n) is 4.91. The van der Waals surface area contributed by atoms with Crippen LogP contribution < -0.4 is 10.6 Å². The van der Waals surface area contributed by atoms with Crippen molar-refractivity contribution >= 4 is 5.91 Å². The molecule has 0 bridgehead atoms. The normalized spacial score (nSPS) is 19.1. The number of rotatable bonds is 4. The van der Waals surface area contributed by atoms with Crippen LogP contribution in [0.2, 0.25) is 0 Å². The van der Waals surface area contributed by atoms with Crippen LogP contribution in [0.1, 0.15) is 35.2 Å². The van der Waals surface area contributed by atoms with Crippen LogP contribution in [0.4, 0.5) is 13.2 Å². The standard InChI is InChI=1S/C14H17F3N2O/c15-14(16,17)11-5-3-10(4-6-11)13(20)19-9-7-12-2-1-8-18-12/h3-6,12,18H,1-2,7-9H2,(H,19,20)/t12-/m1/s1. The number of hydrogen-bond acceptors (Lipinski definition) is 2. The Balaban J connectivity index is 1.82. The average Bonchev–Trinajstić information content (AvgIpc) is 2.91. The first-order valence-electron chi connectivity index (χ1n) is 6.65. The minimum atomic E-state index is -4.37. The largest absolute Gasteiger partial charge is 0.416 e. The van der Waals surface area contributed by atoms with Gasteiger partial charge in [0.1, 0.15) is 0 Å². The van der Waals surface area contributed by atoms with Crippen LogP contribution in [0.3, 0.4) is 0 Å². The predicted molar refractivity (Wildman–Crippen MR) is 69.4 cm³/mol. The van der Waals surface area contributed by atoms with Crippen LogP contribution in [-0.4, -0.2) is 25.0 Å². The Bertz CT molecular complexity index is 450. The van der Waals surface area contributed by atoms with Gasteiger partial charge in [-0.05, 0) is 50.1 Å². The van der Waals surface area contributed by atoms with Crippen LogP contribution in [0.15, 0.2) is 24.3 Å². The van der Waals surface area contributed by atoms with Crippen molar-refractivity contribution in [2.45, 2.75) is 31.5 Å². The summed E-state index contributed by atoms with van der Waals surface area (Å²) in [6.45, 7) is 1.54. The molecule has 110 valence electrons. The van der Waals surface area contributed by atoms with Crippen molar-refractivity contribution in [3.63, 3.8) is 0 Å². The maximum Gasteiger partial charge on any atom is 0.416 e. The summed E-state index contributed by atoms with van der Waals surface area (Å²) in [4.78, 5) is 11.8. The van der Waals surface area contributed by atoms with E-state index in [4.69, 9.17) is 0 Å². The lowest BCUT2D eigenvalue weighted by molar-refractivity contribution is -0.137. The van der Waals surface area contributed by atoms with Crippen molar-refractivity contribution < 1.29 is 18.0 Å². The number of alkyl halides is 3. The third-order valence-corrected chi connectivity index (χ3v) is 3.42. The van der Waals surface area contributed by atoms with E-state index in [0.717, 1.165) is 37.9 Å². The molecule has 1 fully saturated rings. The van der Waals surface area contributed by atoms with Crippen LogP contribution in [-0.2, 0) is 6.18 Å². The summed E-state index contributed by atoms with van der Waals surface area (Å²) in [5.74, 6) is -0.336. The Morgan fingerprint density at radius 1 is 1.30 bits per heavy atom. The number of carbonyl (C=O) groups excluding carboxylic acids is 1. The van der Waals surface area contributed by atoms with Gasteiger partial charge in [0.25, 0.3) is 5.91 Å². The molecular formula is C14H17F3N2O. The first kappa shape index (κ1) is 14.8. The van der Waals surface area contributed by atoms with Gasteiger partial charge in [-0.25, -0.2) is 0 Å². The average molecular weight is 286 g/mol. The van der Waals surface area contributed by atoms with Crippen LogP contribution in [0.5, 0.6) is 0 Å². The van der Waals surface area contributed by atoms with E-state index in [2.05, 4.69) is 10.6 Å². The van der Waals surface area contributed by atoms with Gasteiger partial charge in [-0.15, -0.1) is 0 Å². The lowest BCUT2D eigenvalue weighted by atomic mass is 10.1. The fourth-order valence-electron chi connectivity index (χ4n) is 2.28. The number of benzene rings is 1. The smallest absolute Gasteiger partial charge is 0.352 e. The van der Waals surface area contributed by atoms with Crippen molar-refractivity contribution in [2.75, 3.05) is 13.1 Å². The third kappa shape index (κ3) is 3.96. The molecular weight excluding hydrogens is 269 g/mol. The first-order valence-corrected chi connectivity index (χ1v) is 6.65. The van der Waals surface area contributed by atoms with Gasteiger partial charge in [0.2, 0.25) is 0 Å². The maximum absolute atomic E-state index is 12.4. The van der Waals surface area contributed by atoms with E-state index in [0.29, 0.717) is 12.6 Å². The zero-order valence-electron chi connectivity index (χ0n) is 11.0. The summed E-state index contributed by atoms with van der Waals surface area (Å²) in [6, 6.07) is 4.68. The lowest BCUT2D eigenvalue weighted by Gasteiger charge is -2.11. The number of amides is 1. The molecule has 1 amide bonds. The summed E-state index contributed by atoms with van der Waals surface area (Å²) in [6.07, 6.45) is -1.27. The topological polar surface area (TPSA) is 41.1 Å². The SMILES string of the molecule is O=C(NCC[C@H]1CCCN1)c1ccc(C(F)(F)F)cc1. The quantitative estimate of drug-likeness (QED) is 0.893. The van der Waals surface area contributed by atoms with Crippen LogP contribution in [0.25, 0.3) is 0 Å². The summed E-state index contributed by atoms with van der Waals surface area (Å²) >= 11 is 0. The molecule has 1 heterocycles. The van der Waals surface area contributed by atoms with Gasteiger partial charge in [-0.3, -0.25) is 4.79 Å². The van der Waals surface area contributed by atoms with Gasteiger partial charge in [0.15, 0.2) is 0 Å². The Kier molecular flexibility index (Phi) is 4.65. The minimum Gasteiger partial charge on any atom is -0.352 e. The Labute approximate surface area is 115 Å². The Morgan fingerprint density at radius 2 is 2.00 bits per heavy atom. The highest BCUT2D eigenvalue weighted by Crippen LogP contribution is 2.29. The van der Waals surface area contributed by atoms with E-state index >= 15 is 0 Å². The van der Waals surface area contributed by atoms with Gasteiger partial charge in [0.05, 0.1) is 5.56 Å². The number of halogens is 3. The summed E-state index contributed by atoms with van der Waals surface area (Å²) < 4.78 is 37.2.